The molecule has 1 aliphatic carbocycles. The monoisotopic (exact) mass is 383 g/mol. The van der Waals surface area contributed by atoms with Crippen molar-refractivity contribution in [3.05, 3.63) is 58.4 Å². The summed E-state index contributed by atoms with van der Waals surface area (Å²) in [6, 6.07) is 8.95. The number of rotatable bonds is 6. The molecule has 1 saturated carbocycles. The summed E-state index contributed by atoms with van der Waals surface area (Å²) in [6.07, 6.45) is 1.53. The second-order valence-corrected chi connectivity index (χ2v) is 8.41. The van der Waals surface area contributed by atoms with Crippen LogP contribution in [0.2, 0.25) is 5.02 Å². The van der Waals surface area contributed by atoms with Crippen molar-refractivity contribution in [2.75, 3.05) is 7.11 Å². The Morgan fingerprint density at radius 1 is 1.28 bits per heavy atom. The van der Waals surface area contributed by atoms with Gasteiger partial charge in [-0.1, -0.05) is 17.7 Å². The Balaban J connectivity index is 1.99. The van der Waals surface area contributed by atoms with E-state index < -0.39 is 15.8 Å². The zero-order valence-electron chi connectivity index (χ0n) is 14.0. The molecule has 0 aromatic heterocycles. The molecule has 0 atom stereocenters. The Morgan fingerprint density at radius 2 is 2.00 bits per heavy atom. The minimum absolute atomic E-state index is 0.0798. The lowest BCUT2D eigenvalue weighted by atomic mass is 10.2. The zero-order chi connectivity index (χ0) is 18.2. The second kappa shape index (κ2) is 6.94. The third-order valence-electron chi connectivity index (χ3n) is 4.30. The number of sulfonamides is 1. The number of ether oxygens (including phenoxy) is 1. The SMILES string of the molecule is COc1ccc(S(=O)(=O)N(Cc2c(F)cccc2Cl)C2CC2)cc1C. The normalized spacial score (nSPS) is 14.8. The molecule has 0 heterocycles. The van der Waals surface area contributed by atoms with Gasteiger partial charge in [-0.15, -0.1) is 0 Å². The lowest BCUT2D eigenvalue weighted by molar-refractivity contribution is 0.391. The number of benzene rings is 2. The highest BCUT2D eigenvalue weighted by Crippen LogP contribution is 2.36. The number of methoxy groups -OCH3 is 1. The molecule has 0 N–H and O–H groups in total. The topological polar surface area (TPSA) is 46.6 Å². The van der Waals surface area contributed by atoms with Gasteiger partial charge in [0.1, 0.15) is 11.6 Å². The summed E-state index contributed by atoms with van der Waals surface area (Å²) in [5.74, 6) is 0.119. The predicted molar refractivity (Wildman–Crippen MR) is 94.9 cm³/mol. The van der Waals surface area contributed by atoms with Crippen LogP contribution >= 0.6 is 11.6 Å². The van der Waals surface area contributed by atoms with E-state index in [1.807, 2.05) is 0 Å². The maximum atomic E-state index is 14.1. The molecule has 0 aliphatic heterocycles. The minimum atomic E-state index is -3.76. The third-order valence-corrected chi connectivity index (χ3v) is 6.55. The van der Waals surface area contributed by atoms with E-state index in [9.17, 15) is 12.8 Å². The zero-order valence-corrected chi connectivity index (χ0v) is 15.6. The number of hydrogen-bond acceptors (Lipinski definition) is 3. The first-order chi connectivity index (χ1) is 11.8. The minimum Gasteiger partial charge on any atom is -0.496 e. The number of hydrogen-bond donors (Lipinski definition) is 0. The van der Waals surface area contributed by atoms with Crippen LogP contribution < -0.4 is 4.74 Å². The van der Waals surface area contributed by atoms with Gasteiger partial charge in [-0.3, -0.25) is 0 Å². The lowest BCUT2D eigenvalue weighted by Crippen LogP contribution is -2.33. The molecular formula is C18H19ClFNO3S. The molecule has 7 heteroatoms. The first-order valence-electron chi connectivity index (χ1n) is 7.94. The number of nitrogens with zero attached hydrogens (tertiary/aromatic N) is 1. The van der Waals surface area contributed by atoms with Crippen LogP contribution in [0.4, 0.5) is 4.39 Å². The summed E-state index contributed by atoms with van der Waals surface area (Å²) in [6.45, 7) is 1.70. The van der Waals surface area contributed by atoms with Gasteiger partial charge in [0.15, 0.2) is 0 Å². The predicted octanol–water partition coefficient (Wildman–Crippen LogP) is 4.15. The summed E-state index contributed by atoms with van der Waals surface area (Å²) in [5, 5.41) is 0.228. The van der Waals surface area contributed by atoms with Gasteiger partial charge in [0, 0.05) is 23.2 Å². The second-order valence-electron chi connectivity index (χ2n) is 6.11. The van der Waals surface area contributed by atoms with Crippen molar-refractivity contribution in [3.63, 3.8) is 0 Å². The molecular weight excluding hydrogens is 365 g/mol. The largest absolute Gasteiger partial charge is 0.496 e. The van der Waals surface area contributed by atoms with E-state index in [1.54, 1.807) is 25.1 Å². The summed E-state index contributed by atoms with van der Waals surface area (Å²) < 4.78 is 46.9. The van der Waals surface area contributed by atoms with Crippen LogP contribution in [0.5, 0.6) is 5.75 Å². The van der Waals surface area contributed by atoms with Crippen LogP contribution in [0.25, 0.3) is 0 Å². The molecule has 0 saturated heterocycles. The van der Waals surface area contributed by atoms with Gasteiger partial charge in [-0.2, -0.15) is 4.31 Å². The van der Waals surface area contributed by atoms with E-state index in [1.165, 1.54) is 29.6 Å². The maximum absolute atomic E-state index is 14.1. The van der Waals surface area contributed by atoms with Gasteiger partial charge in [0.25, 0.3) is 0 Å². The van der Waals surface area contributed by atoms with Crippen LogP contribution in [0.1, 0.15) is 24.0 Å². The van der Waals surface area contributed by atoms with Crippen molar-refractivity contribution < 1.29 is 17.5 Å². The summed E-state index contributed by atoms with van der Waals surface area (Å²) in [5.41, 5.74) is 0.924. The van der Waals surface area contributed by atoms with Crippen molar-refractivity contribution in [2.24, 2.45) is 0 Å². The van der Waals surface area contributed by atoms with Crippen LogP contribution in [0, 0.1) is 12.7 Å². The molecule has 0 radical (unpaired) electrons. The summed E-state index contributed by atoms with van der Waals surface area (Å²) in [7, 11) is -2.23. The fourth-order valence-electron chi connectivity index (χ4n) is 2.76. The Morgan fingerprint density at radius 3 is 2.56 bits per heavy atom. The first-order valence-corrected chi connectivity index (χ1v) is 9.75. The van der Waals surface area contributed by atoms with Crippen molar-refractivity contribution in [2.45, 2.75) is 37.2 Å². The smallest absolute Gasteiger partial charge is 0.243 e. The highest BCUT2D eigenvalue weighted by atomic mass is 35.5. The van der Waals surface area contributed by atoms with Crippen LogP contribution in [-0.2, 0) is 16.6 Å². The summed E-state index contributed by atoms with van der Waals surface area (Å²) >= 11 is 6.08. The van der Waals surface area contributed by atoms with Gasteiger partial charge < -0.3 is 4.74 Å². The number of halogens is 2. The average Bonchev–Trinajstić information content (AvgIpc) is 3.39. The molecule has 0 unspecified atom stereocenters. The molecule has 0 amide bonds. The fraction of sp³-hybridized carbons (Fsp3) is 0.333. The highest BCUT2D eigenvalue weighted by Gasteiger charge is 2.39. The average molecular weight is 384 g/mol. The first kappa shape index (κ1) is 18.2. The Labute approximate surface area is 152 Å². The summed E-state index contributed by atoms with van der Waals surface area (Å²) in [4.78, 5) is 0.171. The van der Waals surface area contributed by atoms with Crippen molar-refractivity contribution >= 4 is 21.6 Å². The van der Waals surface area contributed by atoms with Gasteiger partial charge in [0.2, 0.25) is 10.0 Å². The van der Waals surface area contributed by atoms with E-state index >= 15 is 0 Å². The van der Waals surface area contributed by atoms with Crippen molar-refractivity contribution in [1.29, 1.82) is 0 Å². The molecule has 1 aliphatic rings. The molecule has 3 rings (SSSR count). The Bertz CT molecular complexity index is 877. The molecule has 0 bridgehead atoms. The standard InChI is InChI=1S/C18H19ClFNO3S/c1-12-10-14(8-9-18(12)24-2)25(22,23)21(13-6-7-13)11-15-16(19)4-3-5-17(15)20/h3-5,8-10,13H,6-7,11H2,1-2H3. The van der Waals surface area contributed by atoms with E-state index in [2.05, 4.69) is 0 Å². The molecule has 2 aromatic rings. The maximum Gasteiger partial charge on any atom is 0.243 e. The quantitative estimate of drug-likeness (QED) is 0.752. The van der Waals surface area contributed by atoms with E-state index in [0.717, 1.165) is 18.4 Å². The molecule has 0 spiro atoms. The molecule has 2 aromatic carbocycles. The van der Waals surface area contributed by atoms with Crippen LogP contribution in [0.3, 0.4) is 0 Å². The van der Waals surface area contributed by atoms with Crippen LogP contribution in [-0.4, -0.2) is 25.9 Å². The lowest BCUT2D eigenvalue weighted by Gasteiger charge is -2.23. The molecule has 134 valence electrons. The molecule has 4 nitrogen and oxygen atoms in total. The third kappa shape index (κ3) is 3.66. The van der Waals surface area contributed by atoms with E-state index in [4.69, 9.17) is 16.3 Å². The van der Waals surface area contributed by atoms with E-state index in [-0.39, 0.29) is 28.1 Å². The van der Waals surface area contributed by atoms with Crippen molar-refractivity contribution in [1.82, 2.24) is 4.31 Å². The Kier molecular flexibility index (Phi) is 5.04. The van der Waals surface area contributed by atoms with Crippen LogP contribution in [0.15, 0.2) is 41.3 Å². The van der Waals surface area contributed by atoms with Gasteiger partial charge >= 0.3 is 0 Å². The fourth-order valence-corrected chi connectivity index (χ4v) is 4.72. The molecule has 1 fully saturated rings. The Hall–Kier alpha value is -1.63. The molecule has 25 heavy (non-hydrogen) atoms. The van der Waals surface area contributed by atoms with Gasteiger partial charge in [-0.25, -0.2) is 12.8 Å². The van der Waals surface area contributed by atoms with Crippen molar-refractivity contribution in [3.8, 4) is 5.75 Å². The van der Waals surface area contributed by atoms with Gasteiger partial charge in [-0.05, 0) is 55.7 Å². The highest BCUT2D eigenvalue weighted by molar-refractivity contribution is 7.89. The van der Waals surface area contributed by atoms with Gasteiger partial charge in [0.05, 0.1) is 12.0 Å². The number of aryl methyl sites for hydroxylation is 1. The van der Waals surface area contributed by atoms with E-state index in [0.29, 0.717) is 5.75 Å².